The number of benzene rings is 1. The second-order valence-corrected chi connectivity index (χ2v) is 4.79. The minimum absolute atomic E-state index is 0.145. The van der Waals surface area contributed by atoms with Crippen LogP contribution in [-0.4, -0.2) is 24.1 Å². The van der Waals surface area contributed by atoms with Crippen molar-refractivity contribution in [3.05, 3.63) is 29.8 Å². The van der Waals surface area contributed by atoms with E-state index in [4.69, 9.17) is 9.84 Å². The van der Waals surface area contributed by atoms with Gasteiger partial charge >= 0.3 is 5.97 Å². The zero-order valence-corrected chi connectivity index (χ0v) is 10.9. The standard InChI is InChI=1S/C14H17NO4/c1-8(9-3-5-10(19-2)6-4-9)15-13(16)11-7-12(11)14(17)18/h3-6,8,11-12H,7H2,1-2H3,(H,15,16)(H,17,18)/t8?,11-,12+/m1/s1. The number of carboxylic acids is 1. The number of carbonyl (C=O) groups excluding carboxylic acids is 1. The van der Waals surface area contributed by atoms with Crippen molar-refractivity contribution in [2.75, 3.05) is 7.11 Å². The molecule has 19 heavy (non-hydrogen) atoms. The summed E-state index contributed by atoms with van der Waals surface area (Å²) < 4.78 is 5.07. The van der Waals surface area contributed by atoms with Crippen molar-refractivity contribution in [1.29, 1.82) is 0 Å². The second kappa shape index (κ2) is 5.30. The Labute approximate surface area is 111 Å². The predicted octanol–water partition coefficient (Wildman–Crippen LogP) is 1.59. The fourth-order valence-electron chi connectivity index (χ4n) is 2.05. The van der Waals surface area contributed by atoms with Gasteiger partial charge in [0.05, 0.1) is 25.0 Å². The molecule has 5 nitrogen and oxygen atoms in total. The van der Waals surface area contributed by atoms with Gasteiger partial charge in [-0.2, -0.15) is 0 Å². The van der Waals surface area contributed by atoms with Crippen molar-refractivity contribution in [2.45, 2.75) is 19.4 Å². The maximum atomic E-state index is 11.8. The fraction of sp³-hybridized carbons (Fsp3) is 0.429. The molecule has 1 aliphatic carbocycles. The van der Waals surface area contributed by atoms with Crippen LogP contribution in [0.15, 0.2) is 24.3 Å². The first kappa shape index (κ1) is 13.4. The van der Waals surface area contributed by atoms with Crippen LogP contribution >= 0.6 is 0 Å². The molecule has 1 aromatic carbocycles. The molecule has 0 saturated heterocycles. The van der Waals surface area contributed by atoms with Gasteiger partial charge in [0, 0.05) is 0 Å². The summed E-state index contributed by atoms with van der Waals surface area (Å²) >= 11 is 0. The monoisotopic (exact) mass is 263 g/mol. The Balaban J connectivity index is 1.91. The second-order valence-electron chi connectivity index (χ2n) is 4.79. The lowest BCUT2D eigenvalue weighted by Gasteiger charge is -2.14. The number of hydrogen-bond donors (Lipinski definition) is 2. The summed E-state index contributed by atoms with van der Waals surface area (Å²) in [5.74, 6) is -1.20. The van der Waals surface area contributed by atoms with Crippen molar-refractivity contribution >= 4 is 11.9 Å². The van der Waals surface area contributed by atoms with Crippen LogP contribution in [0.3, 0.4) is 0 Å². The van der Waals surface area contributed by atoms with E-state index in [0.717, 1.165) is 11.3 Å². The van der Waals surface area contributed by atoms with Gasteiger partial charge in [0.2, 0.25) is 5.91 Å². The number of aliphatic carboxylic acids is 1. The normalized spacial score (nSPS) is 22.4. The first-order valence-electron chi connectivity index (χ1n) is 6.20. The van der Waals surface area contributed by atoms with Crippen LogP contribution in [0.1, 0.15) is 24.9 Å². The average molecular weight is 263 g/mol. The third-order valence-electron chi connectivity index (χ3n) is 3.42. The molecular formula is C14H17NO4. The first-order chi connectivity index (χ1) is 9.02. The van der Waals surface area contributed by atoms with Crippen molar-refractivity contribution < 1.29 is 19.4 Å². The van der Waals surface area contributed by atoms with Crippen LogP contribution in [0.4, 0.5) is 0 Å². The molecule has 0 aromatic heterocycles. The van der Waals surface area contributed by atoms with Gasteiger partial charge in [-0.1, -0.05) is 12.1 Å². The maximum absolute atomic E-state index is 11.8. The number of hydrogen-bond acceptors (Lipinski definition) is 3. The highest BCUT2D eigenvalue weighted by Crippen LogP contribution is 2.39. The number of methoxy groups -OCH3 is 1. The quantitative estimate of drug-likeness (QED) is 0.846. The molecule has 1 amide bonds. The highest BCUT2D eigenvalue weighted by atomic mass is 16.5. The molecule has 5 heteroatoms. The lowest BCUT2D eigenvalue weighted by molar-refractivity contribution is -0.140. The molecular weight excluding hydrogens is 246 g/mol. The van der Waals surface area contributed by atoms with Gasteiger partial charge in [0.15, 0.2) is 0 Å². The summed E-state index contributed by atoms with van der Waals surface area (Å²) in [6.07, 6.45) is 0.441. The minimum Gasteiger partial charge on any atom is -0.497 e. The summed E-state index contributed by atoms with van der Waals surface area (Å²) in [5, 5.41) is 11.6. The zero-order valence-electron chi connectivity index (χ0n) is 10.9. The van der Waals surface area contributed by atoms with E-state index in [9.17, 15) is 9.59 Å². The zero-order chi connectivity index (χ0) is 14.0. The summed E-state index contributed by atoms with van der Waals surface area (Å²) in [6, 6.07) is 7.27. The topological polar surface area (TPSA) is 75.6 Å². The van der Waals surface area contributed by atoms with E-state index in [1.54, 1.807) is 7.11 Å². The highest BCUT2D eigenvalue weighted by molar-refractivity contribution is 5.89. The molecule has 0 bridgehead atoms. The highest BCUT2D eigenvalue weighted by Gasteiger charge is 2.48. The Morgan fingerprint density at radius 3 is 2.42 bits per heavy atom. The van der Waals surface area contributed by atoms with Gasteiger partial charge in [0.25, 0.3) is 0 Å². The van der Waals surface area contributed by atoms with Crippen molar-refractivity contribution in [3.63, 3.8) is 0 Å². The van der Waals surface area contributed by atoms with Crippen LogP contribution in [0.2, 0.25) is 0 Å². The Morgan fingerprint density at radius 2 is 1.95 bits per heavy atom. The summed E-state index contributed by atoms with van der Waals surface area (Å²) in [5.41, 5.74) is 0.960. The number of carboxylic acid groups (broad SMARTS) is 1. The number of amides is 1. The van der Waals surface area contributed by atoms with Crippen LogP contribution < -0.4 is 10.1 Å². The smallest absolute Gasteiger partial charge is 0.307 e. The summed E-state index contributed by atoms with van der Waals surface area (Å²) in [7, 11) is 1.60. The van der Waals surface area contributed by atoms with Crippen LogP contribution in [0, 0.1) is 11.8 Å². The minimum atomic E-state index is -0.891. The van der Waals surface area contributed by atoms with Crippen LogP contribution in [-0.2, 0) is 9.59 Å². The molecule has 1 aromatic rings. The Bertz CT molecular complexity index is 483. The molecule has 0 heterocycles. The van der Waals surface area contributed by atoms with Crippen LogP contribution in [0.5, 0.6) is 5.75 Å². The van der Waals surface area contributed by atoms with Gasteiger partial charge in [-0.3, -0.25) is 9.59 Å². The van der Waals surface area contributed by atoms with Gasteiger partial charge in [-0.25, -0.2) is 0 Å². The molecule has 1 saturated carbocycles. The number of ether oxygens (including phenoxy) is 1. The molecule has 1 unspecified atom stereocenters. The van der Waals surface area contributed by atoms with E-state index in [0.29, 0.717) is 6.42 Å². The fourth-order valence-corrected chi connectivity index (χ4v) is 2.05. The average Bonchev–Trinajstić information content (AvgIpc) is 3.19. The predicted molar refractivity (Wildman–Crippen MR) is 68.8 cm³/mol. The molecule has 0 aliphatic heterocycles. The molecule has 2 rings (SSSR count). The van der Waals surface area contributed by atoms with E-state index in [1.807, 2.05) is 31.2 Å². The third-order valence-corrected chi connectivity index (χ3v) is 3.42. The van der Waals surface area contributed by atoms with Crippen molar-refractivity contribution in [2.24, 2.45) is 11.8 Å². The molecule has 1 fully saturated rings. The third kappa shape index (κ3) is 3.05. The van der Waals surface area contributed by atoms with E-state index in [2.05, 4.69) is 5.32 Å². The molecule has 102 valence electrons. The summed E-state index contributed by atoms with van der Waals surface area (Å²) in [4.78, 5) is 22.5. The van der Waals surface area contributed by atoms with Crippen LogP contribution in [0.25, 0.3) is 0 Å². The number of carbonyl (C=O) groups is 2. The molecule has 2 N–H and O–H groups in total. The maximum Gasteiger partial charge on any atom is 0.307 e. The van der Waals surface area contributed by atoms with Crippen molar-refractivity contribution in [1.82, 2.24) is 5.32 Å². The molecule has 1 aliphatic rings. The number of nitrogens with one attached hydrogen (secondary N) is 1. The lowest BCUT2D eigenvalue weighted by Crippen LogP contribution is -2.29. The van der Waals surface area contributed by atoms with E-state index >= 15 is 0 Å². The summed E-state index contributed by atoms with van der Waals surface area (Å²) in [6.45, 7) is 1.87. The van der Waals surface area contributed by atoms with Gasteiger partial charge < -0.3 is 15.2 Å². The Morgan fingerprint density at radius 1 is 1.32 bits per heavy atom. The Hall–Kier alpha value is -2.04. The molecule has 3 atom stereocenters. The van der Waals surface area contributed by atoms with E-state index in [1.165, 1.54) is 0 Å². The first-order valence-corrected chi connectivity index (χ1v) is 6.20. The Kier molecular flexibility index (Phi) is 3.74. The largest absolute Gasteiger partial charge is 0.497 e. The van der Waals surface area contributed by atoms with Gasteiger partial charge in [-0.05, 0) is 31.0 Å². The molecule has 0 spiro atoms. The van der Waals surface area contributed by atoms with Gasteiger partial charge in [-0.15, -0.1) is 0 Å². The lowest BCUT2D eigenvalue weighted by atomic mass is 10.1. The van der Waals surface area contributed by atoms with Gasteiger partial charge in [0.1, 0.15) is 5.75 Å². The SMILES string of the molecule is COc1ccc(C(C)NC(=O)[C@@H]2C[C@@H]2C(=O)O)cc1. The molecule has 0 radical (unpaired) electrons. The van der Waals surface area contributed by atoms with E-state index < -0.39 is 11.9 Å². The van der Waals surface area contributed by atoms with Crippen molar-refractivity contribution in [3.8, 4) is 5.75 Å². The van der Waals surface area contributed by atoms with E-state index in [-0.39, 0.29) is 17.9 Å². The number of rotatable bonds is 5.